The topological polar surface area (TPSA) is 44.5 Å². The SMILES string of the molecule is COc1ccc(C(N)=S)c(OC2CCCC(C)C2)c1. The molecule has 0 bridgehead atoms. The molecule has 2 rings (SSSR count). The number of benzene rings is 1. The summed E-state index contributed by atoms with van der Waals surface area (Å²) in [6, 6.07) is 5.58. The maximum atomic E-state index is 6.11. The summed E-state index contributed by atoms with van der Waals surface area (Å²) in [5, 5.41) is 0. The molecule has 4 heteroatoms. The molecule has 0 heterocycles. The van der Waals surface area contributed by atoms with Gasteiger partial charge < -0.3 is 15.2 Å². The van der Waals surface area contributed by atoms with Gasteiger partial charge in [-0.15, -0.1) is 0 Å². The van der Waals surface area contributed by atoms with Crippen LogP contribution in [0, 0.1) is 5.92 Å². The smallest absolute Gasteiger partial charge is 0.133 e. The van der Waals surface area contributed by atoms with Gasteiger partial charge in [0.05, 0.1) is 18.8 Å². The van der Waals surface area contributed by atoms with E-state index in [1.54, 1.807) is 7.11 Å². The van der Waals surface area contributed by atoms with Gasteiger partial charge in [-0.1, -0.05) is 25.6 Å². The van der Waals surface area contributed by atoms with Gasteiger partial charge in [-0.05, 0) is 37.3 Å². The summed E-state index contributed by atoms with van der Waals surface area (Å²) in [4.78, 5) is 0.363. The van der Waals surface area contributed by atoms with Crippen molar-refractivity contribution in [3.63, 3.8) is 0 Å². The first-order chi connectivity index (χ1) is 9.10. The highest BCUT2D eigenvalue weighted by atomic mass is 32.1. The van der Waals surface area contributed by atoms with Crippen molar-refractivity contribution in [2.24, 2.45) is 11.7 Å². The molecular formula is C15H21NO2S. The van der Waals surface area contributed by atoms with E-state index in [4.69, 9.17) is 27.4 Å². The Bertz CT molecular complexity index is 461. The van der Waals surface area contributed by atoms with Gasteiger partial charge in [0, 0.05) is 6.07 Å². The summed E-state index contributed by atoms with van der Waals surface area (Å²) in [6.45, 7) is 2.27. The summed E-state index contributed by atoms with van der Waals surface area (Å²) in [5.74, 6) is 2.22. The number of rotatable bonds is 4. The molecule has 1 fully saturated rings. The van der Waals surface area contributed by atoms with Gasteiger partial charge in [0.15, 0.2) is 0 Å². The molecule has 1 aromatic rings. The molecule has 2 N–H and O–H groups in total. The second kappa shape index (κ2) is 6.24. The van der Waals surface area contributed by atoms with Crippen molar-refractivity contribution in [3.8, 4) is 11.5 Å². The molecule has 0 spiro atoms. The van der Waals surface area contributed by atoms with E-state index < -0.39 is 0 Å². The molecule has 1 aromatic carbocycles. The molecule has 0 radical (unpaired) electrons. The summed E-state index contributed by atoms with van der Waals surface area (Å²) < 4.78 is 11.3. The van der Waals surface area contributed by atoms with Crippen molar-refractivity contribution in [2.45, 2.75) is 38.7 Å². The predicted octanol–water partition coefficient (Wildman–Crippen LogP) is 3.29. The van der Waals surface area contributed by atoms with Crippen LogP contribution in [0.3, 0.4) is 0 Å². The normalized spacial score (nSPS) is 22.8. The van der Waals surface area contributed by atoms with Crippen LogP contribution in [-0.2, 0) is 0 Å². The third-order valence-corrected chi connectivity index (χ3v) is 3.86. The molecule has 1 aliphatic carbocycles. The Kier molecular flexibility index (Phi) is 4.64. The van der Waals surface area contributed by atoms with Crippen LogP contribution in [0.15, 0.2) is 18.2 Å². The Hall–Kier alpha value is -1.29. The van der Waals surface area contributed by atoms with Crippen molar-refractivity contribution in [1.82, 2.24) is 0 Å². The minimum Gasteiger partial charge on any atom is -0.497 e. The highest BCUT2D eigenvalue weighted by Crippen LogP contribution is 2.31. The van der Waals surface area contributed by atoms with Crippen LogP contribution in [0.1, 0.15) is 38.2 Å². The number of hydrogen-bond donors (Lipinski definition) is 1. The highest BCUT2D eigenvalue weighted by molar-refractivity contribution is 7.80. The zero-order valence-corrected chi connectivity index (χ0v) is 12.3. The first-order valence-corrected chi connectivity index (χ1v) is 7.15. The van der Waals surface area contributed by atoms with Crippen molar-refractivity contribution in [2.75, 3.05) is 7.11 Å². The van der Waals surface area contributed by atoms with Gasteiger partial charge in [0.25, 0.3) is 0 Å². The second-order valence-corrected chi connectivity index (χ2v) is 5.68. The third kappa shape index (κ3) is 3.60. The molecule has 0 aliphatic heterocycles. The molecule has 2 atom stereocenters. The van der Waals surface area contributed by atoms with Crippen LogP contribution in [0.5, 0.6) is 11.5 Å². The van der Waals surface area contributed by atoms with E-state index in [9.17, 15) is 0 Å². The average molecular weight is 279 g/mol. The molecule has 19 heavy (non-hydrogen) atoms. The zero-order chi connectivity index (χ0) is 13.8. The zero-order valence-electron chi connectivity index (χ0n) is 11.5. The van der Waals surface area contributed by atoms with E-state index in [0.29, 0.717) is 4.99 Å². The first-order valence-electron chi connectivity index (χ1n) is 6.74. The third-order valence-electron chi connectivity index (χ3n) is 3.64. The molecule has 0 amide bonds. The lowest BCUT2D eigenvalue weighted by Gasteiger charge is -2.28. The van der Waals surface area contributed by atoms with Crippen LogP contribution in [0.2, 0.25) is 0 Å². The maximum absolute atomic E-state index is 6.11. The van der Waals surface area contributed by atoms with Crippen LogP contribution in [-0.4, -0.2) is 18.2 Å². The molecule has 0 saturated heterocycles. The maximum Gasteiger partial charge on any atom is 0.133 e. The van der Waals surface area contributed by atoms with Crippen molar-refractivity contribution >= 4 is 17.2 Å². The monoisotopic (exact) mass is 279 g/mol. The van der Waals surface area contributed by atoms with Crippen LogP contribution in [0.4, 0.5) is 0 Å². The fourth-order valence-corrected chi connectivity index (χ4v) is 2.76. The summed E-state index contributed by atoms with van der Waals surface area (Å²) in [7, 11) is 1.64. The molecule has 1 saturated carbocycles. The van der Waals surface area contributed by atoms with E-state index in [1.807, 2.05) is 18.2 Å². The minimum atomic E-state index is 0.254. The Balaban J connectivity index is 2.19. The van der Waals surface area contributed by atoms with E-state index in [1.165, 1.54) is 12.8 Å². The standard InChI is InChI=1S/C15H21NO2S/c1-10-4-3-5-12(8-10)18-14-9-11(17-2)6-7-13(14)15(16)19/h6-7,9-10,12H,3-5,8H2,1-2H3,(H2,16,19). The number of thiocarbonyl (C=S) groups is 1. The van der Waals surface area contributed by atoms with E-state index in [-0.39, 0.29) is 6.10 Å². The van der Waals surface area contributed by atoms with E-state index >= 15 is 0 Å². The molecule has 0 aromatic heterocycles. The van der Waals surface area contributed by atoms with Gasteiger partial charge in [0.1, 0.15) is 16.5 Å². The molecular weight excluding hydrogens is 258 g/mol. The predicted molar refractivity (Wildman–Crippen MR) is 80.9 cm³/mol. The summed E-state index contributed by atoms with van der Waals surface area (Å²) in [5.41, 5.74) is 6.54. The Morgan fingerprint density at radius 2 is 2.16 bits per heavy atom. The van der Waals surface area contributed by atoms with E-state index in [2.05, 4.69) is 6.92 Å². The molecule has 104 valence electrons. The molecule has 2 unspecified atom stereocenters. The largest absolute Gasteiger partial charge is 0.497 e. The second-order valence-electron chi connectivity index (χ2n) is 5.24. The van der Waals surface area contributed by atoms with Crippen molar-refractivity contribution in [3.05, 3.63) is 23.8 Å². The average Bonchev–Trinajstić information content (AvgIpc) is 2.38. The Morgan fingerprint density at radius 3 is 2.79 bits per heavy atom. The van der Waals surface area contributed by atoms with Crippen LogP contribution < -0.4 is 15.2 Å². The Labute approximate surface area is 120 Å². The first kappa shape index (κ1) is 14.1. The number of nitrogens with two attached hydrogens (primary N) is 1. The van der Waals surface area contributed by atoms with E-state index in [0.717, 1.165) is 35.8 Å². The molecule has 1 aliphatic rings. The van der Waals surface area contributed by atoms with Crippen molar-refractivity contribution < 1.29 is 9.47 Å². The lowest BCUT2D eigenvalue weighted by molar-refractivity contribution is 0.128. The van der Waals surface area contributed by atoms with Crippen LogP contribution in [0.25, 0.3) is 0 Å². The van der Waals surface area contributed by atoms with Gasteiger partial charge in [0.2, 0.25) is 0 Å². The minimum absolute atomic E-state index is 0.254. The van der Waals surface area contributed by atoms with Crippen LogP contribution >= 0.6 is 12.2 Å². The lowest BCUT2D eigenvalue weighted by atomic mass is 9.88. The van der Waals surface area contributed by atoms with Gasteiger partial charge in [-0.25, -0.2) is 0 Å². The van der Waals surface area contributed by atoms with Crippen molar-refractivity contribution in [1.29, 1.82) is 0 Å². The summed E-state index contributed by atoms with van der Waals surface area (Å²) >= 11 is 5.08. The number of ether oxygens (including phenoxy) is 2. The van der Waals surface area contributed by atoms with Gasteiger partial charge in [-0.3, -0.25) is 0 Å². The quantitative estimate of drug-likeness (QED) is 0.859. The fraction of sp³-hybridized carbons (Fsp3) is 0.533. The van der Waals surface area contributed by atoms with Gasteiger partial charge in [-0.2, -0.15) is 0 Å². The number of hydrogen-bond acceptors (Lipinski definition) is 3. The highest BCUT2D eigenvalue weighted by Gasteiger charge is 2.21. The Morgan fingerprint density at radius 1 is 1.37 bits per heavy atom. The fourth-order valence-electron chi connectivity index (χ4n) is 2.60. The van der Waals surface area contributed by atoms with Gasteiger partial charge >= 0.3 is 0 Å². The number of methoxy groups -OCH3 is 1. The molecule has 3 nitrogen and oxygen atoms in total. The summed E-state index contributed by atoms with van der Waals surface area (Å²) in [6.07, 6.45) is 4.95. The lowest BCUT2D eigenvalue weighted by Crippen LogP contribution is -2.25.